The molecule has 1 atom stereocenters. The average molecular weight is 195 g/mol. The Morgan fingerprint density at radius 2 is 2.29 bits per heavy atom. The predicted molar refractivity (Wildman–Crippen MR) is 59.4 cm³/mol. The maximum atomic E-state index is 5.04. The topological polar surface area (TPSA) is 25.2 Å². The maximum absolute atomic E-state index is 5.04. The van der Waals surface area contributed by atoms with Gasteiger partial charge in [0.25, 0.3) is 0 Å². The molecule has 0 aliphatic heterocycles. The van der Waals surface area contributed by atoms with Gasteiger partial charge in [-0.05, 0) is 43.9 Å². The largest absolute Gasteiger partial charge is 0.472 e. The maximum Gasteiger partial charge on any atom is 0.0934 e. The van der Waals surface area contributed by atoms with E-state index in [0.29, 0.717) is 6.04 Å². The standard InChI is InChI=1S/C12H21NO/c1-3-8-13-12(4-2)6-5-11-7-9-14-10-11/h7,9-10,12-13H,3-6,8H2,1-2H3. The van der Waals surface area contributed by atoms with E-state index in [9.17, 15) is 0 Å². The molecule has 2 heteroatoms. The van der Waals surface area contributed by atoms with E-state index in [1.165, 1.54) is 24.8 Å². The Hall–Kier alpha value is -0.760. The molecule has 1 N–H and O–H groups in total. The fourth-order valence-electron chi connectivity index (χ4n) is 1.57. The lowest BCUT2D eigenvalue weighted by atomic mass is 10.1. The van der Waals surface area contributed by atoms with Gasteiger partial charge < -0.3 is 9.73 Å². The Bertz CT molecular complexity index is 218. The highest BCUT2D eigenvalue weighted by atomic mass is 16.3. The Kier molecular flexibility index (Phi) is 5.38. The molecule has 0 aliphatic carbocycles. The summed E-state index contributed by atoms with van der Waals surface area (Å²) in [7, 11) is 0. The Balaban J connectivity index is 2.20. The van der Waals surface area contributed by atoms with Crippen molar-refractivity contribution >= 4 is 0 Å². The van der Waals surface area contributed by atoms with Crippen molar-refractivity contribution < 1.29 is 4.42 Å². The number of hydrogen-bond donors (Lipinski definition) is 1. The van der Waals surface area contributed by atoms with Gasteiger partial charge in [-0.15, -0.1) is 0 Å². The summed E-state index contributed by atoms with van der Waals surface area (Å²) in [5, 5.41) is 3.55. The van der Waals surface area contributed by atoms with Crippen molar-refractivity contribution in [1.82, 2.24) is 5.32 Å². The molecule has 0 radical (unpaired) electrons. The van der Waals surface area contributed by atoms with Crippen molar-refractivity contribution in [3.8, 4) is 0 Å². The zero-order chi connectivity index (χ0) is 10.2. The second-order valence-corrected chi connectivity index (χ2v) is 3.73. The van der Waals surface area contributed by atoms with Crippen molar-refractivity contribution in [3.63, 3.8) is 0 Å². The van der Waals surface area contributed by atoms with E-state index in [1.54, 1.807) is 6.26 Å². The third-order valence-electron chi connectivity index (χ3n) is 2.54. The van der Waals surface area contributed by atoms with Gasteiger partial charge in [0.15, 0.2) is 0 Å². The molecule has 1 rings (SSSR count). The summed E-state index contributed by atoms with van der Waals surface area (Å²) >= 11 is 0. The molecule has 0 amide bonds. The molecule has 80 valence electrons. The normalized spacial score (nSPS) is 13.0. The van der Waals surface area contributed by atoms with Crippen molar-refractivity contribution in [3.05, 3.63) is 24.2 Å². The molecule has 0 saturated heterocycles. The van der Waals surface area contributed by atoms with E-state index in [-0.39, 0.29) is 0 Å². The minimum absolute atomic E-state index is 0.657. The first-order valence-electron chi connectivity index (χ1n) is 5.61. The van der Waals surface area contributed by atoms with Crippen LogP contribution in [0.4, 0.5) is 0 Å². The molecule has 0 fully saturated rings. The van der Waals surface area contributed by atoms with Gasteiger partial charge in [-0.25, -0.2) is 0 Å². The Labute approximate surface area is 86.7 Å². The summed E-state index contributed by atoms with van der Waals surface area (Å²) in [5.41, 5.74) is 1.31. The van der Waals surface area contributed by atoms with Gasteiger partial charge in [0.1, 0.15) is 0 Å². The average Bonchev–Trinajstić information content (AvgIpc) is 2.71. The van der Waals surface area contributed by atoms with Crippen LogP contribution in [0.1, 0.15) is 38.7 Å². The third kappa shape index (κ3) is 3.97. The van der Waals surface area contributed by atoms with Crippen molar-refractivity contribution in [1.29, 1.82) is 0 Å². The fraction of sp³-hybridized carbons (Fsp3) is 0.667. The van der Waals surface area contributed by atoms with E-state index in [2.05, 4.69) is 19.2 Å². The molecule has 0 aromatic carbocycles. The first-order valence-corrected chi connectivity index (χ1v) is 5.61. The lowest BCUT2D eigenvalue weighted by Gasteiger charge is -2.15. The lowest BCUT2D eigenvalue weighted by Crippen LogP contribution is -2.29. The van der Waals surface area contributed by atoms with Gasteiger partial charge in [-0.1, -0.05) is 13.8 Å². The first-order chi connectivity index (χ1) is 6.86. The summed E-state index contributed by atoms with van der Waals surface area (Å²) in [6, 6.07) is 2.71. The van der Waals surface area contributed by atoms with Crippen LogP contribution in [0.5, 0.6) is 0 Å². The number of hydrogen-bond acceptors (Lipinski definition) is 2. The van der Waals surface area contributed by atoms with E-state index in [0.717, 1.165) is 13.0 Å². The number of rotatable bonds is 7. The van der Waals surface area contributed by atoms with Gasteiger partial charge in [-0.3, -0.25) is 0 Å². The Morgan fingerprint density at radius 1 is 1.43 bits per heavy atom. The minimum Gasteiger partial charge on any atom is -0.472 e. The highest BCUT2D eigenvalue weighted by molar-refractivity contribution is 5.05. The van der Waals surface area contributed by atoms with E-state index in [4.69, 9.17) is 4.42 Å². The van der Waals surface area contributed by atoms with Crippen LogP contribution in [0.15, 0.2) is 23.0 Å². The second-order valence-electron chi connectivity index (χ2n) is 3.73. The number of aryl methyl sites for hydroxylation is 1. The van der Waals surface area contributed by atoms with Crippen LogP contribution in [-0.4, -0.2) is 12.6 Å². The number of furan rings is 1. The van der Waals surface area contributed by atoms with Crippen molar-refractivity contribution in [2.24, 2.45) is 0 Å². The van der Waals surface area contributed by atoms with Crippen molar-refractivity contribution in [2.45, 2.75) is 45.6 Å². The van der Waals surface area contributed by atoms with E-state index >= 15 is 0 Å². The predicted octanol–water partition coefficient (Wildman–Crippen LogP) is 2.99. The first kappa shape index (κ1) is 11.3. The zero-order valence-corrected chi connectivity index (χ0v) is 9.25. The summed E-state index contributed by atoms with van der Waals surface area (Å²) < 4.78 is 5.04. The molecule has 1 aromatic heterocycles. The van der Waals surface area contributed by atoms with Crippen LogP contribution >= 0.6 is 0 Å². The molecule has 1 heterocycles. The molecular formula is C12H21NO. The summed E-state index contributed by atoms with van der Waals surface area (Å²) in [5.74, 6) is 0. The van der Waals surface area contributed by atoms with Crippen LogP contribution in [-0.2, 0) is 6.42 Å². The highest BCUT2D eigenvalue weighted by Crippen LogP contribution is 2.07. The second kappa shape index (κ2) is 6.66. The lowest BCUT2D eigenvalue weighted by molar-refractivity contribution is 0.467. The molecule has 1 unspecified atom stereocenters. The Morgan fingerprint density at radius 3 is 2.86 bits per heavy atom. The van der Waals surface area contributed by atoms with Crippen LogP contribution in [0.2, 0.25) is 0 Å². The third-order valence-corrected chi connectivity index (χ3v) is 2.54. The SMILES string of the molecule is CCCNC(CC)CCc1ccoc1. The van der Waals surface area contributed by atoms with Crippen LogP contribution in [0, 0.1) is 0 Å². The molecule has 1 aromatic rings. The van der Waals surface area contributed by atoms with Crippen LogP contribution < -0.4 is 5.32 Å². The van der Waals surface area contributed by atoms with Gasteiger partial charge in [0.05, 0.1) is 12.5 Å². The highest BCUT2D eigenvalue weighted by Gasteiger charge is 2.05. The summed E-state index contributed by atoms with van der Waals surface area (Å²) in [4.78, 5) is 0. The van der Waals surface area contributed by atoms with Crippen molar-refractivity contribution in [2.75, 3.05) is 6.54 Å². The van der Waals surface area contributed by atoms with Gasteiger partial charge in [0.2, 0.25) is 0 Å². The quantitative estimate of drug-likeness (QED) is 0.723. The molecule has 2 nitrogen and oxygen atoms in total. The number of nitrogens with one attached hydrogen (secondary N) is 1. The van der Waals surface area contributed by atoms with Crippen LogP contribution in [0.25, 0.3) is 0 Å². The van der Waals surface area contributed by atoms with Gasteiger partial charge >= 0.3 is 0 Å². The van der Waals surface area contributed by atoms with E-state index < -0.39 is 0 Å². The molecule has 0 aliphatic rings. The molecule has 0 saturated carbocycles. The van der Waals surface area contributed by atoms with Gasteiger partial charge in [-0.2, -0.15) is 0 Å². The molecule has 0 spiro atoms. The van der Waals surface area contributed by atoms with Gasteiger partial charge in [0, 0.05) is 6.04 Å². The van der Waals surface area contributed by atoms with E-state index in [1.807, 2.05) is 12.3 Å². The summed E-state index contributed by atoms with van der Waals surface area (Å²) in [6.45, 7) is 5.57. The monoisotopic (exact) mass is 195 g/mol. The molecule has 0 bridgehead atoms. The minimum atomic E-state index is 0.657. The smallest absolute Gasteiger partial charge is 0.0934 e. The van der Waals surface area contributed by atoms with Crippen LogP contribution in [0.3, 0.4) is 0 Å². The molecular weight excluding hydrogens is 174 g/mol. The summed E-state index contributed by atoms with van der Waals surface area (Å²) in [6.07, 6.45) is 8.32. The fourth-order valence-corrected chi connectivity index (χ4v) is 1.57. The molecule has 14 heavy (non-hydrogen) atoms. The zero-order valence-electron chi connectivity index (χ0n) is 9.25.